The summed E-state index contributed by atoms with van der Waals surface area (Å²) in [6, 6.07) is 5.64. The molecule has 0 aliphatic carbocycles. The normalized spacial score (nSPS) is 10.8. The van der Waals surface area contributed by atoms with Gasteiger partial charge in [0.2, 0.25) is 5.91 Å². The van der Waals surface area contributed by atoms with Gasteiger partial charge in [0.15, 0.2) is 6.61 Å². The van der Waals surface area contributed by atoms with Crippen molar-refractivity contribution in [3.8, 4) is 11.8 Å². The van der Waals surface area contributed by atoms with E-state index in [1.807, 2.05) is 6.26 Å². The standard InChI is InChI=1S/C13H13F3N2O2S/c1-21-5-4-12(19)18-10-2-3-11(9(6-10)7-17)20-8-13(14,15)16/h2-3,6H,4-5,8H2,1H3,(H,18,19). The molecule has 0 radical (unpaired) electrons. The van der Waals surface area contributed by atoms with Crippen molar-refractivity contribution in [2.45, 2.75) is 12.6 Å². The molecule has 0 aliphatic heterocycles. The van der Waals surface area contributed by atoms with Crippen LogP contribution in [0, 0.1) is 11.3 Å². The number of nitrogens with zero attached hydrogens (tertiary/aromatic N) is 1. The van der Waals surface area contributed by atoms with Crippen molar-refractivity contribution in [2.75, 3.05) is 23.9 Å². The molecule has 1 aromatic rings. The number of nitriles is 1. The fraction of sp³-hybridized carbons (Fsp3) is 0.385. The molecular formula is C13H13F3N2O2S. The number of ether oxygens (including phenoxy) is 1. The third kappa shape index (κ3) is 6.40. The minimum Gasteiger partial charge on any atom is -0.483 e. The molecule has 21 heavy (non-hydrogen) atoms. The second kappa shape index (κ2) is 7.78. The number of rotatable bonds is 6. The molecule has 1 N–H and O–H groups in total. The molecule has 0 heterocycles. The fourth-order valence-electron chi connectivity index (χ4n) is 1.40. The Balaban J connectivity index is 2.75. The third-order valence-corrected chi connectivity index (χ3v) is 2.92. The first-order valence-corrected chi connectivity index (χ1v) is 7.27. The Bertz CT molecular complexity index is 541. The number of hydrogen-bond donors (Lipinski definition) is 1. The van der Waals surface area contributed by atoms with Gasteiger partial charge >= 0.3 is 6.18 Å². The van der Waals surface area contributed by atoms with Crippen LogP contribution in [0.2, 0.25) is 0 Å². The van der Waals surface area contributed by atoms with Crippen molar-refractivity contribution in [3.05, 3.63) is 23.8 Å². The van der Waals surface area contributed by atoms with Crippen LogP contribution in [-0.2, 0) is 4.79 Å². The molecule has 0 saturated heterocycles. The first-order valence-electron chi connectivity index (χ1n) is 5.88. The maximum absolute atomic E-state index is 12.1. The second-order valence-electron chi connectivity index (χ2n) is 4.02. The number of carbonyl (C=O) groups excluding carboxylic acids is 1. The summed E-state index contributed by atoms with van der Waals surface area (Å²) in [6.07, 6.45) is -2.29. The zero-order valence-electron chi connectivity index (χ0n) is 11.2. The Kier molecular flexibility index (Phi) is 6.37. The van der Waals surface area contributed by atoms with Crippen LogP contribution < -0.4 is 10.1 Å². The van der Waals surface area contributed by atoms with Crippen LogP contribution in [0.25, 0.3) is 0 Å². The molecule has 1 aromatic carbocycles. The summed E-state index contributed by atoms with van der Waals surface area (Å²) < 4.78 is 40.8. The predicted molar refractivity (Wildman–Crippen MR) is 74.3 cm³/mol. The van der Waals surface area contributed by atoms with E-state index >= 15 is 0 Å². The van der Waals surface area contributed by atoms with Gasteiger partial charge in [-0.15, -0.1) is 0 Å². The fourth-order valence-corrected chi connectivity index (χ4v) is 1.79. The van der Waals surface area contributed by atoms with E-state index in [-0.39, 0.29) is 17.2 Å². The highest BCUT2D eigenvalue weighted by molar-refractivity contribution is 7.98. The molecule has 8 heteroatoms. The van der Waals surface area contributed by atoms with Crippen molar-refractivity contribution in [2.24, 2.45) is 0 Å². The molecule has 0 aromatic heterocycles. The first-order chi connectivity index (χ1) is 9.85. The van der Waals surface area contributed by atoms with E-state index in [1.165, 1.54) is 30.0 Å². The van der Waals surface area contributed by atoms with Crippen LogP contribution in [0.5, 0.6) is 5.75 Å². The quantitative estimate of drug-likeness (QED) is 0.875. The Morgan fingerprint density at radius 1 is 1.48 bits per heavy atom. The molecule has 0 fully saturated rings. The van der Waals surface area contributed by atoms with Crippen LogP contribution in [0.3, 0.4) is 0 Å². The highest BCUT2D eigenvalue weighted by atomic mass is 32.2. The van der Waals surface area contributed by atoms with E-state index in [2.05, 4.69) is 10.1 Å². The number of hydrogen-bond acceptors (Lipinski definition) is 4. The van der Waals surface area contributed by atoms with Gasteiger partial charge in [0, 0.05) is 17.9 Å². The van der Waals surface area contributed by atoms with Gasteiger partial charge in [-0.05, 0) is 24.5 Å². The van der Waals surface area contributed by atoms with Crippen LogP contribution in [-0.4, -0.2) is 30.7 Å². The number of thioether (sulfide) groups is 1. The van der Waals surface area contributed by atoms with Crippen LogP contribution in [0.1, 0.15) is 12.0 Å². The monoisotopic (exact) mass is 318 g/mol. The summed E-state index contributed by atoms with van der Waals surface area (Å²) in [7, 11) is 0. The molecular weight excluding hydrogens is 305 g/mol. The van der Waals surface area contributed by atoms with E-state index in [4.69, 9.17) is 5.26 Å². The minimum absolute atomic E-state index is 0.0677. The van der Waals surface area contributed by atoms with E-state index in [0.717, 1.165) is 0 Å². The first kappa shape index (κ1) is 17.2. The summed E-state index contributed by atoms with van der Waals surface area (Å²) in [6.45, 7) is -1.47. The van der Waals surface area contributed by atoms with Gasteiger partial charge in [-0.2, -0.15) is 30.2 Å². The Hall–Kier alpha value is -1.88. The lowest BCUT2D eigenvalue weighted by Gasteiger charge is -2.11. The average molecular weight is 318 g/mol. The number of anilines is 1. The van der Waals surface area contributed by atoms with Gasteiger partial charge in [-0.1, -0.05) is 0 Å². The summed E-state index contributed by atoms with van der Waals surface area (Å²) in [5.74, 6) is 0.262. The Morgan fingerprint density at radius 3 is 2.76 bits per heavy atom. The number of alkyl halides is 3. The van der Waals surface area contributed by atoms with Crippen molar-refractivity contribution in [1.29, 1.82) is 5.26 Å². The molecule has 0 aliphatic rings. The number of carbonyl (C=O) groups is 1. The molecule has 0 spiro atoms. The minimum atomic E-state index is -4.47. The lowest BCUT2D eigenvalue weighted by molar-refractivity contribution is -0.153. The van der Waals surface area contributed by atoms with Gasteiger partial charge in [0.25, 0.3) is 0 Å². The predicted octanol–water partition coefficient (Wildman–Crippen LogP) is 3.19. The van der Waals surface area contributed by atoms with Crippen LogP contribution in [0.4, 0.5) is 18.9 Å². The highest BCUT2D eigenvalue weighted by Gasteiger charge is 2.28. The topological polar surface area (TPSA) is 62.1 Å². The largest absolute Gasteiger partial charge is 0.483 e. The Morgan fingerprint density at radius 2 is 2.19 bits per heavy atom. The molecule has 0 unspecified atom stereocenters. The number of benzene rings is 1. The maximum Gasteiger partial charge on any atom is 0.422 e. The van der Waals surface area contributed by atoms with Crippen molar-refractivity contribution in [1.82, 2.24) is 0 Å². The molecule has 0 saturated carbocycles. The molecule has 4 nitrogen and oxygen atoms in total. The second-order valence-corrected chi connectivity index (χ2v) is 5.00. The molecule has 114 valence electrons. The maximum atomic E-state index is 12.1. The van der Waals surface area contributed by atoms with Crippen LogP contribution >= 0.6 is 11.8 Å². The van der Waals surface area contributed by atoms with Crippen molar-refractivity contribution >= 4 is 23.4 Å². The number of nitrogens with one attached hydrogen (secondary N) is 1. The lowest BCUT2D eigenvalue weighted by atomic mass is 10.2. The van der Waals surface area contributed by atoms with Gasteiger partial charge in [0.05, 0.1) is 5.56 Å². The van der Waals surface area contributed by atoms with E-state index in [1.54, 1.807) is 6.07 Å². The van der Waals surface area contributed by atoms with Crippen molar-refractivity contribution in [3.63, 3.8) is 0 Å². The molecule has 0 bridgehead atoms. The number of amides is 1. The Labute approximate surface area is 124 Å². The van der Waals surface area contributed by atoms with Gasteiger partial charge in [-0.3, -0.25) is 4.79 Å². The zero-order chi connectivity index (χ0) is 15.9. The highest BCUT2D eigenvalue weighted by Crippen LogP contribution is 2.24. The average Bonchev–Trinajstić information content (AvgIpc) is 2.42. The third-order valence-electron chi connectivity index (χ3n) is 2.31. The van der Waals surface area contributed by atoms with Crippen molar-refractivity contribution < 1.29 is 22.7 Å². The zero-order valence-corrected chi connectivity index (χ0v) is 12.0. The van der Waals surface area contributed by atoms with Gasteiger partial charge < -0.3 is 10.1 Å². The molecule has 1 amide bonds. The van der Waals surface area contributed by atoms with Gasteiger partial charge in [0.1, 0.15) is 11.8 Å². The van der Waals surface area contributed by atoms with E-state index < -0.39 is 12.8 Å². The van der Waals surface area contributed by atoms with Gasteiger partial charge in [-0.25, -0.2) is 0 Å². The summed E-state index contributed by atoms with van der Waals surface area (Å²) in [4.78, 5) is 11.5. The van der Waals surface area contributed by atoms with E-state index in [9.17, 15) is 18.0 Å². The number of halogens is 3. The van der Waals surface area contributed by atoms with E-state index in [0.29, 0.717) is 17.9 Å². The summed E-state index contributed by atoms with van der Waals surface area (Å²) >= 11 is 1.52. The lowest BCUT2D eigenvalue weighted by Crippen LogP contribution is -2.19. The summed E-state index contributed by atoms with van der Waals surface area (Å²) in [5, 5.41) is 11.5. The summed E-state index contributed by atoms with van der Waals surface area (Å²) in [5.41, 5.74) is 0.277. The molecule has 1 rings (SSSR count). The molecule has 0 atom stereocenters. The SMILES string of the molecule is CSCCC(=O)Nc1ccc(OCC(F)(F)F)c(C#N)c1. The smallest absolute Gasteiger partial charge is 0.422 e. The van der Waals surface area contributed by atoms with Crippen LogP contribution in [0.15, 0.2) is 18.2 Å².